The lowest BCUT2D eigenvalue weighted by molar-refractivity contribution is -0.119. The molecule has 1 amide bonds. The van der Waals surface area contributed by atoms with Crippen molar-refractivity contribution in [3.63, 3.8) is 0 Å². The molecule has 1 aliphatic heterocycles. The van der Waals surface area contributed by atoms with Crippen LogP contribution in [-0.2, 0) is 11.2 Å². The fourth-order valence-electron chi connectivity index (χ4n) is 2.45. The van der Waals surface area contributed by atoms with Crippen molar-refractivity contribution in [2.75, 3.05) is 6.61 Å². The van der Waals surface area contributed by atoms with Gasteiger partial charge in [0.2, 0.25) is 5.91 Å². The summed E-state index contributed by atoms with van der Waals surface area (Å²) < 4.78 is 5.50. The average molecular weight is 203 g/mol. The van der Waals surface area contributed by atoms with Crippen LogP contribution in [0.25, 0.3) is 0 Å². The van der Waals surface area contributed by atoms with Crippen molar-refractivity contribution in [2.45, 2.75) is 18.8 Å². The monoisotopic (exact) mass is 203 g/mol. The summed E-state index contributed by atoms with van der Waals surface area (Å²) in [6.07, 6.45) is 1.87. The van der Waals surface area contributed by atoms with E-state index >= 15 is 0 Å². The van der Waals surface area contributed by atoms with Gasteiger partial charge in [0, 0.05) is 17.9 Å². The Bertz CT molecular complexity index is 428. The fraction of sp³-hybridized carbons (Fsp3) is 0.417. The van der Waals surface area contributed by atoms with E-state index < -0.39 is 0 Å². The van der Waals surface area contributed by atoms with Crippen LogP contribution >= 0.6 is 0 Å². The summed E-state index contributed by atoms with van der Waals surface area (Å²) in [5, 5.41) is 0. The molecule has 1 aromatic rings. The third-order valence-electron chi connectivity index (χ3n) is 3.33. The van der Waals surface area contributed by atoms with E-state index in [1.54, 1.807) is 0 Å². The van der Waals surface area contributed by atoms with Crippen LogP contribution in [0.5, 0.6) is 5.75 Å². The molecule has 1 aliphatic carbocycles. The maximum Gasteiger partial charge on any atom is 0.221 e. The fourth-order valence-corrected chi connectivity index (χ4v) is 2.45. The van der Waals surface area contributed by atoms with Gasteiger partial charge in [-0.3, -0.25) is 4.79 Å². The van der Waals surface area contributed by atoms with Crippen LogP contribution in [-0.4, -0.2) is 12.5 Å². The van der Waals surface area contributed by atoms with E-state index in [2.05, 4.69) is 6.07 Å². The molecule has 0 bridgehead atoms. The number of hydrogen-bond acceptors (Lipinski definition) is 2. The lowest BCUT2D eigenvalue weighted by Crippen LogP contribution is -2.13. The number of rotatable bonds is 2. The lowest BCUT2D eigenvalue weighted by Gasteiger charge is -2.05. The highest BCUT2D eigenvalue weighted by molar-refractivity contribution is 5.81. The van der Waals surface area contributed by atoms with Crippen molar-refractivity contribution in [2.24, 2.45) is 11.7 Å². The zero-order valence-electron chi connectivity index (χ0n) is 8.40. The highest BCUT2D eigenvalue weighted by Gasteiger charge is 2.44. The molecule has 1 fully saturated rings. The Morgan fingerprint density at radius 1 is 1.47 bits per heavy atom. The Kier molecular flexibility index (Phi) is 1.75. The highest BCUT2D eigenvalue weighted by atomic mass is 16.5. The maximum absolute atomic E-state index is 11.0. The lowest BCUT2D eigenvalue weighted by atomic mass is 10.00. The summed E-state index contributed by atoms with van der Waals surface area (Å²) in [7, 11) is 0. The van der Waals surface area contributed by atoms with Crippen LogP contribution in [0.15, 0.2) is 18.2 Å². The number of hydrogen-bond donors (Lipinski definition) is 1. The molecule has 2 aliphatic rings. The van der Waals surface area contributed by atoms with Crippen LogP contribution in [0.2, 0.25) is 0 Å². The van der Waals surface area contributed by atoms with Gasteiger partial charge in [-0.1, -0.05) is 12.1 Å². The Morgan fingerprint density at radius 3 is 3.07 bits per heavy atom. The van der Waals surface area contributed by atoms with Gasteiger partial charge in [-0.15, -0.1) is 0 Å². The molecule has 0 radical (unpaired) electrons. The highest BCUT2D eigenvalue weighted by Crippen LogP contribution is 2.50. The van der Waals surface area contributed by atoms with Crippen LogP contribution in [0, 0.1) is 5.92 Å². The van der Waals surface area contributed by atoms with Crippen molar-refractivity contribution in [1.29, 1.82) is 0 Å². The van der Waals surface area contributed by atoms with E-state index in [1.807, 2.05) is 12.1 Å². The third kappa shape index (κ3) is 1.30. The van der Waals surface area contributed by atoms with Gasteiger partial charge in [-0.2, -0.15) is 0 Å². The Morgan fingerprint density at radius 2 is 2.33 bits per heavy atom. The average Bonchev–Trinajstić information content (AvgIpc) is 2.87. The first-order chi connectivity index (χ1) is 7.27. The molecule has 3 heteroatoms. The number of carbonyl (C=O) groups is 1. The van der Waals surface area contributed by atoms with Gasteiger partial charge in [0.1, 0.15) is 5.75 Å². The second kappa shape index (κ2) is 2.99. The van der Waals surface area contributed by atoms with Crippen LogP contribution in [0.1, 0.15) is 23.5 Å². The molecule has 0 aromatic heterocycles. The number of primary amides is 1. The zero-order valence-corrected chi connectivity index (χ0v) is 8.40. The molecule has 0 spiro atoms. The van der Waals surface area contributed by atoms with Crippen LogP contribution in [0.4, 0.5) is 0 Å². The second-order valence-electron chi connectivity index (χ2n) is 4.27. The number of benzene rings is 1. The number of carbonyl (C=O) groups excluding carboxylic acids is 1. The number of ether oxygens (including phenoxy) is 1. The Labute approximate surface area is 88.2 Å². The second-order valence-corrected chi connectivity index (χ2v) is 4.27. The molecular formula is C12H13NO2. The van der Waals surface area contributed by atoms with E-state index in [9.17, 15) is 4.79 Å². The molecule has 1 aromatic carbocycles. The molecule has 0 saturated heterocycles. The predicted octanol–water partition coefficient (Wildman–Crippen LogP) is 1.21. The molecule has 1 saturated carbocycles. The minimum atomic E-state index is -0.170. The number of nitrogens with two attached hydrogens (primary N) is 1. The Balaban J connectivity index is 1.94. The molecule has 0 unspecified atom stereocenters. The predicted molar refractivity (Wildman–Crippen MR) is 55.7 cm³/mol. The van der Waals surface area contributed by atoms with Crippen molar-refractivity contribution < 1.29 is 9.53 Å². The van der Waals surface area contributed by atoms with Gasteiger partial charge in [0.15, 0.2) is 0 Å². The first kappa shape index (κ1) is 8.77. The zero-order chi connectivity index (χ0) is 10.4. The molecule has 15 heavy (non-hydrogen) atoms. The van der Waals surface area contributed by atoms with Crippen molar-refractivity contribution >= 4 is 5.91 Å². The minimum Gasteiger partial charge on any atom is -0.493 e. The summed E-state index contributed by atoms with van der Waals surface area (Å²) in [5.41, 5.74) is 7.86. The topological polar surface area (TPSA) is 52.3 Å². The smallest absolute Gasteiger partial charge is 0.221 e. The first-order valence-electron chi connectivity index (χ1n) is 5.31. The summed E-state index contributed by atoms with van der Waals surface area (Å²) in [6.45, 7) is 0.764. The quantitative estimate of drug-likeness (QED) is 0.785. The van der Waals surface area contributed by atoms with Crippen LogP contribution < -0.4 is 10.5 Å². The normalized spacial score (nSPS) is 26.9. The van der Waals surface area contributed by atoms with Gasteiger partial charge in [-0.05, 0) is 24.0 Å². The molecule has 3 rings (SSSR count). The summed E-state index contributed by atoms with van der Waals surface area (Å²) in [5.74, 6) is 1.22. The third-order valence-corrected chi connectivity index (χ3v) is 3.33. The first-order valence-corrected chi connectivity index (χ1v) is 5.31. The van der Waals surface area contributed by atoms with Gasteiger partial charge < -0.3 is 10.5 Å². The molecule has 2 atom stereocenters. The molecule has 78 valence electrons. The standard InChI is InChI=1S/C12H13NO2/c13-12(14)10-6-9(10)7-2-1-3-11-8(7)4-5-15-11/h1-3,9-10H,4-6H2,(H2,13,14)/t9-,10+/m1/s1. The SMILES string of the molecule is NC(=O)[C@H]1C[C@@H]1c1cccc2c1CCO2. The summed E-state index contributed by atoms with van der Waals surface area (Å²) >= 11 is 0. The van der Waals surface area contributed by atoms with Crippen molar-refractivity contribution in [3.05, 3.63) is 29.3 Å². The van der Waals surface area contributed by atoms with E-state index in [4.69, 9.17) is 10.5 Å². The van der Waals surface area contributed by atoms with E-state index in [1.165, 1.54) is 11.1 Å². The van der Waals surface area contributed by atoms with E-state index in [0.29, 0.717) is 5.92 Å². The van der Waals surface area contributed by atoms with Gasteiger partial charge >= 0.3 is 0 Å². The van der Waals surface area contributed by atoms with Gasteiger partial charge in [-0.25, -0.2) is 0 Å². The minimum absolute atomic E-state index is 0.0529. The van der Waals surface area contributed by atoms with E-state index in [0.717, 1.165) is 25.2 Å². The Hall–Kier alpha value is -1.51. The molecule has 1 heterocycles. The van der Waals surface area contributed by atoms with E-state index in [-0.39, 0.29) is 11.8 Å². The molecule has 3 nitrogen and oxygen atoms in total. The van der Waals surface area contributed by atoms with Crippen molar-refractivity contribution in [3.8, 4) is 5.75 Å². The summed E-state index contributed by atoms with van der Waals surface area (Å²) in [4.78, 5) is 11.0. The molecule has 2 N–H and O–H groups in total. The summed E-state index contributed by atoms with van der Waals surface area (Å²) in [6, 6.07) is 6.09. The maximum atomic E-state index is 11.0. The van der Waals surface area contributed by atoms with Gasteiger partial charge in [0.05, 0.1) is 6.61 Å². The van der Waals surface area contributed by atoms with Crippen molar-refractivity contribution in [1.82, 2.24) is 0 Å². The van der Waals surface area contributed by atoms with Crippen LogP contribution in [0.3, 0.4) is 0 Å². The number of fused-ring (bicyclic) bond motifs is 1. The molecular weight excluding hydrogens is 190 g/mol. The number of amides is 1. The van der Waals surface area contributed by atoms with Gasteiger partial charge in [0.25, 0.3) is 0 Å². The largest absolute Gasteiger partial charge is 0.493 e.